The molecule has 1 heterocycles. The summed E-state index contributed by atoms with van der Waals surface area (Å²) < 4.78 is 9.14. The van der Waals surface area contributed by atoms with E-state index in [4.69, 9.17) is 3.32 Å². The molecule has 3 aliphatic rings. The molecule has 0 saturated carbocycles. The number of rotatable bonds is 11. The summed E-state index contributed by atoms with van der Waals surface area (Å²) in [4.78, 5) is 2.73. The third kappa shape index (κ3) is 7.01. The number of likely N-dealkylation sites (tertiary alicyclic amines) is 1. The molecule has 0 N–H and O–H groups in total. The van der Waals surface area contributed by atoms with E-state index in [2.05, 4.69) is 131 Å². The van der Waals surface area contributed by atoms with E-state index in [1.165, 1.54) is 103 Å². The van der Waals surface area contributed by atoms with Gasteiger partial charge in [-0.05, 0) is 0 Å². The quantitative estimate of drug-likeness (QED) is 0.141. The average molecular weight is 761 g/mol. The molecule has 1 atom stereocenters. The Balaban J connectivity index is 0.00000243. The van der Waals surface area contributed by atoms with Crippen LogP contribution < -0.4 is 3.32 Å². The van der Waals surface area contributed by atoms with Gasteiger partial charge in [-0.1, -0.05) is 0 Å². The van der Waals surface area contributed by atoms with E-state index in [0.717, 1.165) is 5.75 Å². The van der Waals surface area contributed by atoms with Gasteiger partial charge in [0.1, 0.15) is 0 Å². The first-order valence-electron chi connectivity index (χ1n) is 18.6. The van der Waals surface area contributed by atoms with Crippen molar-refractivity contribution in [3.63, 3.8) is 0 Å². The van der Waals surface area contributed by atoms with Gasteiger partial charge in [0.25, 0.3) is 0 Å². The first-order valence-corrected chi connectivity index (χ1v) is 24.9. The molecule has 1 aliphatic heterocycles. The number of aryl methyl sites for hydroxylation is 1. The van der Waals surface area contributed by atoms with Crippen molar-refractivity contribution in [3.8, 4) is 28.0 Å². The number of hydrogen-bond donors (Lipinski definition) is 0. The van der Waals surface area contributed by atoms with Gasteiger partial charge in [0, 0.05) is 0 Å². The number of halogens is 2. The van der Waals surface area contributed by atoms with Crippen LogP contribution in [0.2, 0.25) is 13.1 Å². The van der Waals surface area contributed by atoms with Gasteiger partial charge < -0.3 is 0 Å². The Hall–Kier alpha value is -2.11. The fourth-order valence-corrected chi connectivity index (χ4v) is 17.1. The molecular formula is C44H55Cl2NOSiTi. The van der Waals surface area contributed by atoms with E-state index in [-0.39, 0.29) is 30.2 Å². The van der Waals surface area contributed by atoms with Crippen molar-refractivity contribution in [2.45, 2.75) is 104 Å². The molecule has 7 rings (SSSR count). The van der Waals surface area contributed by atoms with Crippen molar-refractivity contribution in [1.29, 1.82) is 0 Å². The van der Waals surface area contributed by atoms with Crippen LogP contribution in [0.4, 0.5) is 0 Å². The summed E-state index contributed by atoms with van der Waals surface area (Å²) in [6, 6.07) is 33.3. The largest absolute Gasteiger partial charge is 0.147 e. The SMILES string of the molecule is CCCCC1(CCCC)c2ccccc2-c2ccc(-c3cc(C)ccc3[O][Ti]([C]3=C(C)C(N4CCCC4)c4ccccc43)=[Si](C)C)cc21.Cl.Cl. The smallest absolute Gasteiger partial charge is 0.147 e. The van der Waals surface area contributed by atoms with E-state index < -0.39 is 23.2 Å². The molecule has 0 bridgehead atoms. The molecule has 4 aromatic carbocycles. The van der Waals surface area contributed by atoms with Crippen molar-refractivity contribution < 1.29 is 20.3 Å². The van der Waals surface area contributed by atoms with Gasteiger partial charge in [-0.15, -0.1) is 24.8 Å². The Labute approximate surface area is 321 Å². The summed E-state index contributed by atoms with van der Waals surface area (Å²) in [6.45, 7) is 16.8. The van der Waals surface area contributed by atoms with Crippen molar-refractivity contribution >= 4 is 34.9 Å². The molecule has 4 aromatic rings. The molecule has 1 fully saturated rings. The van der Waals surface area contributed by atoms with Crippen molar-refractivity contribution in [3.05, 3.63) is 118 Å². The molecule has 2 nitrogen and oxygen atoms in total. The molecule has 0 aromatic heterocycles. The van der Waals surface area contributed by atoms with Gasteiger partial charge in [0.2, 0.25) is 0 Å². The Morgan fingerprint density at radius 3 is 2.06 bits per heavy atom. The molecule has 1 unspecified atom stereocenters. The van der Waals surface area contributed by atoms with Crippen LogP contribution in [0, 0.1) is 6.92 Å². The van der Waals surface area contributed by atoms with Crippen LogP contribution in [-0.4, -0.2) is 24.2 Å². The number of benzene rings is 4. The summed E-state index contributed by atoms with van der Waals surface area (Å²) in [6.07, 6.45) is 9.31. The Morgan fingerprint density at radius 1 is 0.740 bits per heavy atom. The summed E-state index contributed by atoms with van der Waals surface area (Å²) in [5.74, 6) is 1.09. The average Bonchev–Trinajstić information content (AvgIpc) is 3.80. The third-order valence-electron chi connectivity index (χ3n) is 11.4. The van der Waals surface area contributed by atoms with E-state index in [9.17, 15) is 0 Å². The molecule has 0 amide bonds. The predicted octanol–water partition coefficient (Wildman–Crippen LogP) is 12.9. The second-order valence-electron chi connectivity index (χ2n) is 14.8. The van der Waals surface area contributed by atoms with Gasteiger partial charge in [0.05, 0.1) is 0 Å². The monoisotopic (exact) mass is 759 g/mol. The fourth-order valence-electron chi connectivity index (χ4n) is 9.03. The molecule has 0 spiro atoms. The molecule has 6 heteroatoms. The zero-order valence-electron chi connectivity index (χ0n) is 30.9. The van der Waals surface area contributed by atoms with Crippen LogP contribution in [0.25, 0.3) is 26.1 Å². The first-order chi connectivity index (χ1) is 23.4. The molecule has 264 valence electrons. The predicted molar refractivity (Wildman–Crippen MR) is 217 cm³/mol. The minimum absolute atomic E-state index is 0. The second-order valence-corrected chi connectivity index (χ2v) is 25.5. The Morgan fingerprint density at radius 2 is 1.38 bits per heavy atom. The van der Waals surface area contributed by atoms with Crippen molar-refractivity contribution in [2.75, 3.05) is 13.1 Å². The maximum absolute atomic E-state index is 7.54. The van der Waals surface area contributed by atoms with Crippen LogP contribution in [0.5, 0.6) is 5.75 Å². The standard InChI is InChI=1S/C28H32O.C14H16N.C2H6Si.2ClH.Ti/c1-4-6-16-28(17-7-5-2)25-11-9-8-10-22(25)23-14-13-21(19-26(23)28)24-18-20(3)12-15-27(24)29;1-11-10-12-6-2-3-7-13(12)14(11)15-8-4-5-9-15;1-3-2;;;/h8-15,18-19,29H,4-7,16-17H2,1-3H3;2-3,6-7,14H,4-5,8-9H2,1H3;1-2H3;2*1H;/q;;;;;+1/p-1. The van der Waals surface area contributed by atoms with Gasteiger partial charge in [-0.2, -0.15) is 0 Å². The van der Waals surface area contributed by atoms with Gasteiger partial charge >= 0.3 is 298 Å². The topological polar surface area (TPSA) is 12.5 Å². The van der Waals surface area contributed by atoms with Crippen LogP contribution in [0.15, 0.2) is 90.5 Å². The van der Waals surface area contributed by atoms with E-state index >= 15 is 0 Å². The molecular weight excluding hydrogens is 705 g/mol. The minimum Gasteiger partial charge on any atom is -0.147 e. The van der Waals surface area contributed by atoms with Crippen molar-refractivity contribution in [2.24, 2.45) is 0 Å². The van der Waals surface area contributed by atoms with Crippen LogP contribution in [-0.2, 0) is 22.4 Å². The third-order valence-corrected chi connectivity index (χ3v) is 20.4. The number of hydrogen-bond acceptors (Lipinski definition) is 2. The molecule has 0 radical (unpaired) electrons. The van der Waals surface area contributed by atoms with Crippen LogP contribution in [0.3, 0.4) is 0 Å². The Bertz CT molecular complexity index is 1900. The number of nitrogens with zero attached hydrogens (tertiary/aromatic N) is 1. The fraction of sp³-hybridized carbons (Fsp3) is 0.409. The molecule has 2 aliphatic carbocycles. The Kier molecular flexibility index (Phi) is 13.1. The van der Waals surface area contributed by atoms with Crippen molar-refractivity contribution in [1.82, 2.24) is 4.90 Å². The maximum Gasteiger partial charge on any atom is -0.147 e. The second kappa shape index (κ2) is 16.7. The van der Waals surface area contributed by atoms with E-state index in [0.29, 0.717) is 6.04 Å². The van der Waals surface area contributed by atoms with Gasteiger partial charge in [-0.25, -0.2) is 0 Å². The summed E-state index contributed by atoms with van der Waals surface area (Å²) >= 11 is -2.17. The zero-order chi connectivity index (χ0) is 33.4. The zero-order valence-corrected chi connectivity index (χ0v) is 35.1. The van der Waals surface area contributed by atoms with E-state index in [1.807, 2.05) is 0 Å². The molecule has 1 saturated heterocycles. The van der Waals surface area contributed by atoms with Gasteiger partial charge in [-0.3, -0.25) is 0 Å². The summed E-state index contributed by atoms with van der Waals surface area (Å²) in [5.41, 5.74) is 14.5. The van der Waals surface area contributed by atoms with Gasteiger partial charge in [0.15, 0.2) is 0 Å². The summed E-state index contributed by atoms with van der Waals surface area (Å²) in [7, 11) is 0. The normalized spacial score (nSPS) is 17.0. The van der Waals surface area contributed by atoms with E-state index in [1.54, 1.807) is 20.6 Å². The number of unbranched alkanes of at least 4 members (excludes halogenated alkanes) is 2. The molecule has 50 heavy (non-hydrogen) atoms. The first kappa shape index (κ1) is 39.1. The van der Waals surface area contributed by atoms with Crippen LogP contribution in [0.1, 0.15) is 106 Å². The number of fused-ring (bicyclic) bond motifs is 4. The maximum atomic E-state index is 7.54. The minimum atomic E-state index is -2.17. The summed E-state index contributed by atoms with van der Waals surface area (Å²) in [5, 5.41) is 0. The van der Waals surface area contributed by atoms with Crippen LogP contribution >= 0.6 is 24.8 Å².